The Morgan fingerprint density at radius 2 is 1.66 bits per heavy atom. The van der Waals surface area contributed by atoms with Gasteiger partial charge in [0.25, 0.3) is 0 Å². The Morgan fingerprint density at radius 1 is 0.914 bits per heavy atom. The molecule has 0 saturated carbocycles. The van der Waals surface area contributed by atoms with Gasteiger partial charge in [-0.3, -0.25) is 0 Å². The van der Waals surface area contributed by atoms with Gasteiger partial charge in [-0.2, -0.15) is 0 Å². The minimum Gasteiger partial charge on any atom is -0.507 e. The summed E-state index contributed by atoms with van der Waals surface area (Å²) < 4.78 is 20.2. The molecule has 4 heterocycles. The van der Waals surface area contributed by atoms with Crippen molar-refractivity contribution in [1.29, 1.82) is 0 Å². The Morgan fingerprint density at radius 3 is 2.40 bits per heavy atom. The van der Waals surface area contributed by atoms with E-state index >= 15 is 0 Å². The fourth-order valence-corrected chi connectivity index (χ4v) is 5.70. The van der Waals surface area contributed by atoms with E-state index in [0.29, 0.717) is 49.1 Å². The molecule has 6 rings (SSSR count). The van der Waals surface area contributed by atoms with E-state index in [0.717, 1.165) is 37.3 Å². The van der Waals surface area contributed by atoms with Crippen molar-refractivity contribution in [3.05, 3.63) is 54.3 Å². The van der Waals surface area contributed by atoms with Gasteiger partial charge in [0, 0.05) is 49.5 Å². The summed E-state index contributed by atoms with van der Waals surface area (Å²) in [6.07, 6.45) is 2.13. The molecule has 2 bridgehead atoms. The lowest BCUT2D eigenvalue weighted by atomic mass is 10.1. The van der Waals surface area contributed by atoms with Crippen LogP contribution in [0.15, 0.2) is 48.5 Å². The number of nitrogen functional groups attached to an aromatic ring is 1. The lowest BCUT2D eigenvalue weighted by Crippen LogP contribution is -2.54. The van der Waals surface area contributed by atoms with Gasteiger partial charge >= 0.3 is 0 Å². The highest BCUT2D eigenvalue weighted by Gasteiger charge is 2.41. The molecule has 0 spiro atoms. The first-order valence-electron chi connectivity index (χ1n) is 12.2. The van der Waals surface area contributed by atoms with Crippen molar-refractivity contribution in [1.82, 2.24) is 10.2 Å². The summed E-state index contributed by atoms with van der Waals surface area (Å²) in [5.74, 6) is 0.358. The van der Waals surface area contributed by atoms with Crippen LogP contribution in [0.2, 0.25) is 0 Å². The number of halogens is 1. The number of phenolic OH excluding ortho intramolecular Hbond substituents is 1. The minimum atomic E-state index is -0.186. The van der Waals surface area contributed by atoms with Crippen LogP contribution in [0.5, 0.6) is 5.75 Å². The summed E-state index contributed by atoms with van der Waals surface area (Å²) in [5.41, 5.74) is 10.0. The predicted molar refractivity (Wildman–Crippen MR) is 134 cm³/mol. The van der Waals surface area contributed by atoms with Crippen LogP contribution in [0, 0.1) is 5.82 Å². The van der Waals surface area contributed by atoms with Crippen LogP contribution in [0.25, 0.3) is 11.3 Å². The second kappa shape index (κ2) is 8.88. The van der Waals surface area contributed by atoms with Crippen LogP contribution >= 0.6 is 0 Å². The van der Waals surface area contributed by atoms with Gasteiger partial charge in [0.2, 0.25) is 0 Å². The summed E-state index contributed by atoms with van der Waals surface area (Å²) in [4.78, 5) is 6.80. The smallest absolute Gasteiger partial charge is 0.169 e. The van der Waals surface area contributed by atoms with E-state index in [9.17, 15) is 9.50 Å². The maximum Gasteiger partial charge on any atom is 0.169 e. The highest BCUT2D eigenvalue weighted by molar-refractivity contribution is 5.74. The van der Waals surface area contributed by atoms with Gasteiger partial charge < -0.3 is 30.3 Å². The third-order valence-corrected chi connectivity index (χ3v) is 7.38. The van der Waals surface area contributed by atoms with Crippen molar-refractivity contribution in [3.63, 3.8) is 0 Å². The van der Waals surface area contributed by atoms with E-state index in [1.54, 1.807) is 18.2 Å². The van der Waals surface area contributed by atoms with Crippen LogP contribution in [-0.2, 0) is 4.74 Å². The molecule has 0 radical (unpaired) electrons. The summed E-state index contributed by atoms with van der Waals surface area (Å²) >= 11 is 0. The quantitative estimate of drug-likeness (QED) is 0.593. The number of fused-ring (bicyclic) bond motifs is 2. The lowest BCUT2D eigenvalue weighted by molar-refractivity contribution is 0.122. The van der Waals surface area contributed by atoms with Gasteiger partial charge in [-0.25, -0.2) is 4.39 Å². The molecule has 1 aromatic heterocycles. The molecule has 3 N–H and O–H groups in total. The molecule has 9 heteroatoms. The number of para-hydroxylation sites is 1. The molecule has 0 amide bonds. The normalized spacial score (nSPS) is 22.0. The molecule has 8 nitrogen and oxygen atoms in total. The van der Waals surface area contributed by atoms with Crippen molar-refractivity contribution in [3.8, 4) is 17.0 Å². The van der Waals surface area contributed by atoms with Gasteiger partial charge in [-0.1, -0.05) is 12.1 Å². The number of rotatable bonds is 4. The van der Waals surface area contributed by atoms with Crippen LogP contribution in [0.3, 0.4) is 0 Å². The Labute approximate surface area is 203 Å². The second-order valence-corrected chi connectivity index (χ2v) is 9.45. The van der Waals surface area contributed by atoms with Crippen molar-refractivity contribution >= 4 is 22.9 Å². The average molecular weight is 477 g/mol. The number of hydrogen-bond donors (Lipinski definition) is 2. The SMILES string of the molecule is Nc1nnc(-c2ccccc2O)cc1N1CC2CCC(C1)N2c1ccc(F)c(N2CCOCC2)c1. The number of aromatic hydroxyl groups is 1. The summed E-state index contributed by atoms with van der Waals surface area (Å²) in [6.45, 7) is 4.23. The van der Waals surface area contributed by atoms with Gasteiger partial charge in [0.1, 0.15) is 11.6 Å². The number of nitrogens with zero attached hydrogens (tertiary/aromatic N) is 5. The van der Waals surface area contributed by atoms with Gasteiger partial charge in [0.05, 0.1) is 30.3 Å². The van der Waals surface area contributed by atoms with E-state index in [4.69, 9.17) is 10.5 Å². The molecule has 3 aliphatic rings. The topological polar surface area (TPSA) is 91.0 Å². The molecule has 2 unspecified atom stereocenters. The number of phenols is 1. The number of piperazine rings is 1. The van der Waals surface area contributed by atoms with Gasteiger partial charge in [-0.15, -0.1) is 10.2 Å². The maximum atomic E-state index is 14.7. The second-order valence-electron chi connectivity index (χ2n) is 9.45. The highest BCUT2D eigenvalue weighted by Crippen LogP contribution is 2.40. The fraction of sp³-hybridized carbons (Fsp3) is 0.385. The molecule has 3 aliphatic heterocycles. The molecule has 3 aromatic rings. The van der Waals surface area contributed by atoms with Gasteiger partial charge in [-0.05, 0) is 49.2 Å². The van der Waals surface area contributed by atoms with Crippen molar-refractivity contribution < 1.29 is 14.2 Å². The van der Waals surface area contributed by atoms with Crippen LogP contribution < -0.4 is 20.4 Å². The largest absolute Gasteiger partial charge is 0.507 e. The Hall–Kier alpha value is -3.59. The standard InChI is InChI=1S/C26H29FN6O2/c27-21-8-7-17(13-23(21)31-9-11-35-12-10-31)33-18-5-6-19(33)16-32(15-18)24-14-22(29-30-26(24)28)20-3-1-2-4-25(20)34/h1-4,7-8,13-14,18-19,34H,5-6,9-12,15-16H2,(H2,28,30). The number of anilines is 4. The van der Waals surface area contributed by atoms with Crippen molar-refractivity contribution in [2.24, 2.45) is 0 Å². The zero-order chi connectivity index (χ0) is 23.9. The molecule has 3 fully saturated rings. The van der Waals surface area contributed by atoms with Gasteiger partial charge in [0.15, 0.2) is 5.82 Å². The third kappa shape index (κ3) is 3.99. The lowest BCUT2D eigenvalue weighted by Gasteiger charge is -2.44. The van der Waals surface area contributed by atoms with E-state index < -0.39 is 0 Å². The van der Waals surface area contributed by atoms with Crippen molar-refractivity contribution in [2.45, 2.75) is 24.9 Å². The monoisotopic (exact) mass is 476 g/mol. The Kier molecular flexibility index (Phi) is 5.56. The highest BCUT2D eigenvalue weighted by atomic mass is 19.1. The van der Waals surface area contributed by atoms with Crippen LogP contribution in [0.1, 0.15) is 12.8 Å². The molecule has 0 aliphatic carbocycles. The molecule has 182 valence electrons. The number of hydrogen-bond acceptors (Lipinski definition) is 8. The maximum absolute atomic E-state index is 14.7. The first-order valence-corrected chi connectivity index (χ1v) is 12.2. The van der Waals surface area contributed by atoms with Crippen LogP contribution in [-0.4, -0.2) is 66.8 Å². The fourth-order valence-electron chi connectivity index (χ4n) is 5.70. The zero-order valence-corrected chi connectivity index (χ0v) is 19.5. The minimum absolute atomic E-state index is 0.162. The Balaban J connectivity index is 1.27. The molecule has 3 saturated heterocycles. The zero-order valence-electron chi connectivity index (χ0n) is 19.5. The first kappa shape index (κ1) is 21.9. The molecule has 35 heavy (non-hydrogen) atoms. The summed E-state index contributed by atoms with van der Waals surface area (Å²) in [5, 5.41) is 18.7. The van der Waals surface area contributed by atoms with E-state index in [1.807, 2.05) is 30.3 Å². The third-order valence-electron chi connectivity index (χ3n) is 7.38. The number of nitrogens with two attached hydrogens (primary N) is 1. The summed E-state index contributed by atoms with van der Waals surface area (Å²) in [6, 6.07) is 15.1. The molecular weight excluding hydrogens is 447 g/mol. The molecule has 2 atom stereocenters. The number of morpholine rings is 1. The Bertz CT molecular complexity index is 1220. The molecular formula is C26H29FN6O2. The predicted octanol–water partition coefficient (Wildman–Crippen LogP) is 3.26. The van der Waals surface area contributed by atoms with E-state index in [2.05, 4.69) is 24.9 Å². The number of aromatic nitrogens is 2. The number of ether oxygens (including phenoxy) is 1. The van der Waals surface area contributed by atoms with E-state index in [1.165, 1.54) is 0 Å². The average Bonchev–Trinajstić information content (AvgIpc) is 3.14. The van der Waals surface area contributed by atoms with Crippen molar-refractivity contribution in [2.75, 3.05) is 59.8 Å². The first-order chi connectivity index (χ1) is 17.1. The summed E-state index contributed by atoms with van der Waals surface area (Å²) in [7, 11) is 0. The van der Waals surface area contributed by atoms with Crippen LogP contribution in [0.4, 0.5) is 27.3 Å². The van der Waals surface area contributed by atoms with E-state index in [-0.39, 0.29) is 23.7 Å². The number of benzene rings is 2. The molecule has 2 aromatic carbocycles.